The average molecular weight is 409 g/mol. The van der Waals surface area contributed by atoms with Gasteiger partial charge in [0.05, 0.1) is 16.5 Å². The van der Waals surface area contributed by atoms with Crippen LogP contribution in [-0.2, 0) is 11.2 Å². The van der Waals surface area contributed by atoms with Gasteiger partial charge in [-0.15, -0.1) is 11.3 Å². The first-order valence-electron chi connectivity index (χ1n) is 8.99. The second-order valence-electron chi connectivity index (χ2n) is 6.17. The van der Waals surface area contributed by atoms with Crippen LogP contribution >= 0.6 is 23.1 Å². The fourth-order valence-corrected chi connectivity index (χ4v) is 4.18. The van der Waals surface area contributed by atoms with Gasteiger partial charge in [-0.25, -0.2) is 9.97 Å². The average Bonchev–Trinajstić information content (AvgIpc) is 3.17. The van der Waals surface area contributed by atoms with E-state index in [2.05, 4.69) is 28.3 Å². The molecule has 0 saturated heterocycles. The Morgan fingerprint density at radius 1 is 1.25 bits per heavy atom. The second-order valence-corrected chi connectivity index (χ2v) is 8.36. The van der Waals surface area contributed by atoms with Crippen molar-refractivity contribution in [3.63, 3.8) is 0 Å². The van der Waals surface area contributed by atoms with Crippen molar-refractivity contribution in [1.82, 2.24) is 9.97 Å². The van der Waals surface area contributed by atoms with Gasteiger partial charge in [-0.1, -0.05) is 55.4 Å². The van der Waals surface area contributed by atoms with Crippen LogP contribution in [0, 0.1) is 11.3 Å². The zero-order valence-electron chi connectivity index (χ0n) is 15.7. The Labute approximate surface area is 172 Å². The monoisotopic (exact) mass is 408 g/mol. The number of hydrogen-bond donors (Lipinski definition) is 1. The Balaban J connectivity index is 1.68. The molecule has 3 aromatic rings. The van der Waals surface area contributed by atoms with Gasteiger partial charge in [-0.3, -0.25) is 4.79 Å². The number of anilines is 1. The third kappa shape index (κ3) is 4.97. The lowest BCUT2D eigenvalue weighted by Gasteiger charge is -2.12. The number of pyridine rings is 1. The Morgan fingerprint density at radius 3 is 2.75 bits per heavy atom. The Bertz CT molecular complexity index is 995. The summed E-state index contributed by atoms with van der Waals surface area (Å²) in [4.78, 5) is 21.6. The summed E-state index contributed by atoms with van der Waals surface area (Å²) in [6.45, 7) is 3.89. The van der Waals surface area contributed by atoms with E-state index < -0.39 is 5.25 Å². The lowest BCUT2D eigenvalue weighted by Crippen LogP contribution is -2.22. The van der Waals surface area contributed by atoms with Crippen LogP contribution < -0.4 is 5.32 Å². The molecule has 1 atom stereocenters. The molecule has 0 radical (unpaired) electrons. The molecule has 3 rings (SSSR count). The van der Waals surface area contributed by atoms with E-state index in [4.69, 9.17) is 0 Å². The number of nitrogens with zero attached hydrogens (tertiary/aromatic N) is 3. The molecular formula is C21H20N4OS2. The van der Waals surface area contributed by atoms with Crippen molar-refractivity contribution in [3.05, 3.63) is 59.1 Å². The number of amides is 1. The van der Waals surface area contributed by atoms with Gasteiger partial charge in [-0.2, -0.15) is 5.26 Å². The number of carbonyl (C=O) groups excluding carboxylic acids is 1. The molecule has 0 bridgehead atoms. The number of rotatable bonds is 7. The Hall–Kier alpha value is -2.69. The highest BCUT2D eigenvalue weighted by molar-refractivity contribution is 8.00. The van der Waals surface area contributed by atoms with Crippen LogP contribution in [0.15, 0.2) is 52.9 Å². The van der Waals surface area contributed by atoms with Crippen LogP contribution in [0.3, 0.4) is 0 Å². The molecule has 5 nitrogen and oxygen atoms in total. The summed E-state index contributed by atoms with van der Waals surface area (Å²) in [5.41, 5.74) is 3.27. The molecule has 0 spiro atoms. The fraction of sp³-hybridized carbons (Fsp3) is 0.238. The summed E-state index contributed by atoms with van der Waals surface area (Å²) in [6, 6.07) is 15.6. The third-order valence-corrected chi connectivity index (χ3v) is 5.87. The summed E-state index contributed by atoms with van der Waals surface area (Å²) in [5.74, 6) is -0.162. The molecule has 1 N–H and O–H groups in total. The van der Waals surface area contributed by atoms with E-state index in [1.807, 2.05) is 41.8 Å². The van der Waals surface area contributed by atoms with Gasteiger partial charge >= 0.3 is 0 Å². The maximum atomic E-state index is 12.6. The molecule has 0 fully saturated rings. The quantitative estimate of drug-likeness (QED) is 0.547. The van der Waals surface area contributed by atoms with Gasteiger partial charge in [0, 0.05) is 16.6 Å². The molecule has 0 aliphatic heterocycles. The van der Waals surface area contributed by atoms with Gasteiger partial charge in [0.15, 0.2) is 5.13 Å². The van der Waals surface area contributed by atoms with E-state index in [1.165, 1.54) is 23.1 Å². The van der Waals surface area contributed by atoms with E-state index in [-0.39, 0.29) is 5.91 Å². The van der Waals surface area contributed by atoms with Crippen molar-refractivity contribution in [2.45, 2.75) is 37.0 Å². The maximum absolute atomic E-state index is 12.6. The molecule has 28 heavy (non-hydrogen) atoms. The predicted octanol–water partition coefficient (Wildman–Crippen LogP) is 5.15. The van der Waals surface area contributed by atoms with Crippen LogP contribution in [0.4, 0.5) is 5.13 Å². The molecule has 142 valence electrons. The third-order valence-electron chi connectivity index (χ3n) is 4.01. The minimum absolute atomic E-state index is 0.162. The summed E-state index contributed by atoms with van der Waals surface area (Å²) >= 11 is 2.69. The number of aryl methyl sites for hydroxylation is 1. The van der Waals surface area contributed by atoms with Gasteiger partial charge in [-0.05, 0) is 25.5 Å². The molecule has 0 aliphatic carbocycles. The normalized spacial score (nSPS) is 11.6. The van der Waals surface area contributed by atoms with Crippen molar-refractivity contribution < 1.29 is 4.79 Å². The van der Waals surface area contributed by atoms with Gasteiger partial charge in [0.1, 0.15) is 11.1 Å². The molecule has 0 aliphatic rings. The summed E-state index contributed by atoms with van der Waals surface area (Å²) in [6.07, 6.45) is 1.83. The number of carbonyl (C=O) groups is 1. The molecule has 2 heterocycles. The van der Waals surface area contributed by atoms with Crippen LogP contribution in [0.25, 0.3) is 11.3 Å². The smallest absolute Gasteiger partial charge is 0.239 e. The second kappa shape index (κ2) is 9.49. The van der Waals surface area contributed by atoms with E-state index >= 15 is 0 Å². The zero-order chi connectivity index (χ0) is 19.9. The van der Waals surface area contributed by atoms with Crippen molar-refractivity contribution >= 4 is 34.1 Å². The number of nitrogens with one attached hydrogen (secondary N) is 1. The number of hydrogen-bond acceptors (Lipinski definition) is 6. The molecule has 7 heteroatoms. The summed E-state index contributed by atoms with van der Waals surface area (Å²) in [5, 5.41) is 14.9. The Morgan fingerprint density at radius 2 is 2.04 bits per heavy atom. The topological polar surface area (TPSA) is 78.7 Å². The largest absolute Gasteiger partial charge is 0.301 e. The van der Waals surface area contributed by atoms with E-state index in [1.54, 1.807) is 13.0 Å². The van der Waals surface area contributed by atoms with Gasteiger partial charge < -0.3 is 5.32 Å². The zero-order valence-corrected chi connectivity index (χ0v) is 17.3. The molecule has 0 saturated carbocycles. The van der Waals surface area contributed by atoms with E-state index in [9.17, 15) is 10.1 Å². The highest BCUT2D eigenvalue weighted by Crippen LogP contribution is 2.28. The SMILES string of the molecule is CCCc1ccc(C#N)c(SC(C)C(=O)Nc2nc(-c3ccccc3)cs2)n1. The standard InChI is InChI=1S/C21H20N4OS2/c1-3-7-17-11-10-16(12-22)20(23-17)28-14(2)19(26)25-21-24-18(13-27-21)15-8-5-4-6-9-15/h4-6,8-11,13-14H,3,7H2,1-2H3,(H,24,25,26). The molecular weight excluding hydrogens is 388 g/mol. The number of benzene rings is 1. The van der Waals surface area contributed by atoms with E-state index in [0.717, 1.165) is 29.8 Å². The first-order chi connectivity index (χ1) is 13.6. The highest BCUT2D eigenvalue weighted by Gasteiger charge is 2.19. The minimum Gasteiger partial charge on any atom is -0.301 e. The van der Waals surface area contributed by atoms with Gasteiger partial charge in [0.25, 0.3) is 0 Å². The van der Waals surface area contributed by atoms with E-state index in [0.29, 0.717) is 15.7 Å². The highest BCUT2D eigenvalue weighted by atomic mass is 32.2. The van der Waals surface area contributed by atoms with Crippen molar-refractivity contribution in [2.75, 3.05) is 5.32 Å². The first-order valence-corrected chi connectivity index (χ1v) is 10.7. The molecule has 1 aromatic carbocycles. The number of nitriles is 1. The number of thioether (sulfide) groups is 1. The Kier molecular flexibility index (Phi) is 6.80. The minimum atomic E-state index is -0.402. The number of aromatic nitrogens is 2. The van der Waals surface area contributed by atoms with Crippen LogP contribution in [-0.4, -0.2) is 21.1 Å². The molecule has 2 aromatic heterocycles. The summed E-state index contributed by atoms with van der Waals surface area (Å²) < 4.78 is 0. The maximum Gasteiger partial charge on any atom is 0.239 e. The predicted molar refractivity (Wildman–Crippen MR) is 114 cm³/mol. The van der Waals surface area contributed by atoms with Crippen molar-refractivity contribution in [2.24, 2.45) is 0 Å². The van der Waals surface area contributed by atoms with Crippen molar-refractivity contribution in [1.29, 1.82) is 5.26 Å². The molecule has 1 unspecified atom stereocenters. The van der Waals surface area contributed by atoms with Crippen LogP contribution in [0.5, 0.6) is 0 Å². The fourth-order valence-electron chi connectivity index (χ4n) is 2.55. The van der Waals surface area contributed by atoms with Crippen molar-refractivity contribution in [3.8, 4) is 17.3 Å². The first kappa shape index (κ1) is 20.1. The number of thiazole rings is 1. The lowest BCUT2D eigenvalue weighted by molar-refractivity contribution is -0.115. The van der Waals surface area contributed by atoms with Crippen LogP contribution in [0.2, 0.25) is 0 Å². The summed E-state index contributed by atoms with van der Waals surface area (Å²) in [7, 11) is 0. The molecule has 1 amide bonds. The lowest BCUT2D eigenvalue weighted by atomic mass is 10.2. The van der Waals surface area contributed by atoms with Gasteiger partial charge in [0.2, 0.25) is 5.91 Å². The van der Waals surface area contributed by atoms with Crippen LogP contribution in [0.1, 0.15) is 31.5 Å².